The Kier molecular flexibility index (Phi) is 3.89. The van der Waals surface area contributed by atoms with Gasteiger partial charge < -0.3 is 14.6 Å². The number of hydrogen-bond acceptors (Lipinski definition) is 3. The highest BCUT2D eigenvalue weighted by Gasteiger charge is 2.19. The monoisotopic (exact) mass is 276 g/mol. The first-order valence-corrected chi connectivity index (χ1v) is 5.82. The van der Waals surface area contributed by atoms with E-state index in [4.69, 9.17) is 9.47 Å². The van der Waals surface area contributed by atoms with Crippen LogP contribution in [-0.2, 0) is 0 Å². The van der Waals surface area contributed by atoms with Crippen LogP contribution in [0.25, 0.3) is 11.1 Å². The summed E-state index contributed by atoms with van der Waals surface area (Å²) < 4.78 is 23.7. The topological polar surface area (TPSA) is 55.8 Å². The summed E-state index contributed by atoms with van der Waals surface area (Å²) in [6.07, 6.45) is 0. The number of halogens is 1. The smallest absolute Gasteiger partial charge is 0.336 e. The molecule has 2 rings (SSSR count). The molecule has 0 saturated heterocycles. The largest absolute Gasteiger partial charge is 0.496 e. The Morgan fingerprint density at radius 1 is 1.10 bits per heavy atom. The van der Waals surface area contributed by atoms with Gasteiger partial charge in [-0.2, -0.15) is 0 Å². The molecule has 0 aromatic heterocycles. The van der Waals surface area contributed by atoms with Crippen LogP contribution in [0.15, 0.2) is 36.4 Å². The lowest BCUT2D eigenvalue weighted by Crippen LogP contribution is -2.02. The Bertz CT molecular complexity index is 630. The number of rotatable bonds is 4. The van der Waals surface area contributed by atoms with Crippen LogP contribution >= 0.6 is 0 Å². The quantitative estimate of drug-likeness (QED) is 0.931. The molecule has 20 heavy (non-hydrogen) atoms. The third-order valence-electron chi connectivity index (χ3n) is 2.91. The minimum absolute atomic E-state index is 0.146. The van der Waals surface area contributed by atoms with E-state index in [1.54, 1.807) is 18.2 Å². The minimum atomic E-state index is -1.22. The average Bonchev–Trinajstić information content (AvgIpc) is 2.46. The van der Waals surface area contributed by atoms with Crippen molar-refractivity contribution in [2.45, 2.75) is 0 Å². The summed E-state index contributed by atoms with van der Waals surface area (Å²) in [6, 6.07) is 8.68. The second-order valence-electron chi connectivity index (χ2n) is 4.03. The Morgan fingerprint density at radius 2 is 1.70 bits per heavy atom. The number of carbonyl (C=O) groups is 1. The first kappa shape index (κ1) is 13.9. The summed E-state index contributed by atoms with van der Waals surface area (Å²) in [5.74, 6) is -0.913. The van der Waals surface area contributed by atoms with Crippen molar-refractivity contribution in [1.29, 1.82) is 0 Å². The van der Waals surface area contributed by atoms with Crippen LogP contribution in [0.5, 0.6) is 11.5 Å². The van der Waals surface area contributed by atoms with E-state index in [9.17, 15) is 14.3 Å². The van der Waals surface area contributed by atoms with E-state index in [0.717, 1.165) is 6.07 Å². The van der Waals surface area contributed by atoms with Crippen LogP contribution in [0.4, 0.5) is 4.39 Å². The molecule has 0 fully saturated rings. The van der Waals surface area contributed by atoms with Crippen molar-refractivity contribution < 1.29 is 23.8 Å². The molecule has 104 valence electrons. The van der Waals surface area contributed by atoms with Crippen molar-refractivity contribution in [2.24, 2.45) is 0 Å². The third kappa shape index (κ3) is 2.42. The summed E-state index contributed by atoms with van der Waals surface area (Å²) >= 11 is 0. The van der Waals surface area contributed by atoms with E-state index in [1.807, 2.05) is 0 Å². The van der Waals surface area contributed by atoms with E-state index in [0.29, 0.717) is 22.6 Å². The van der Waals surface area contributed by atoms with E-state index in [-0.39, 0.29) is 5.56 Å². The lowest BCUT2D eigenvalue weighted by molar-refractivity contribution is 0.0697. The lowest BCUT2D eigenvalue weighted by atomic mass is 9.97. The molecule has 0 aliphatic rings. The molecule has 0 atom stereocenters. The lowest BCUT2D eigenvalue weighted by Gasteiger charge is -2.15. The van der Waals surface area contributed by atoms with Gasteiger partial charge in [-0.15, -0.1) is 0 Å². The van der Waals surface area contributed by atoms with Crippen molar-refractivity contribution in [1.82, 2.24) is 0 Å². The highest BCUT2D eigenvalue weighted by Crippen LogP contribution is 2.40. The van der Waals surface area contributed by atoms with Crippen molar-refractivity contribution in [3.8, 4) is 22.6 Å². The predicted octanol–water partition coefficient (Wildman–Crippen LogP) is 3.21. The molecular weight excluding hydrogens is 263 g/mol. The molecule has 0 amide bonds. The molecular formula is C15H13FO4. The molecule has 2 aromatic carbocycles. The van der Waals surface area contributed by atoms with Crippen LogP contribution in [-0.4, -0.2) is 25.3 Å². The van der Waals surface area contributed by atoms with Crippen molar-refractivity contribution in [2.75, 3.05) is 14.2 Å². The number of hydrogen-bond donors (Lipinski definition) is 1. The Labute approximate surface area is 115 Å². The van der Waals surface area contributed by atoms with Gasteiger partial charge in [0.1, 0.15) is 17.3 Å². The fraction of sp³-hybridized carbons (Fsp3) is 0.133. The van der Waals surface area contributed by atoms with Gasteiger partial charge >= 0.3 is 5.97 Å². The number of aromatic carboxylic acids is 1. The van der Waals surface area contributed by atoms with Gasteiger partial charge in [-0.1, -0.05) is 12.1 Å². The standard InChI is InChI=1S/C15H13FO4/c1-19-12-4-3-5-13(20-2)14(12)10-7-6-9(16)8-11(10)15(17)18/h3-8H,1-2H3,(H,17,18). The van der Waals surface area contributed by atoms with Gasteiger partial charge in [0, 0.05) is 5.56 Å². The molecule has 2 aromatic rings. The second kappa shape index (κ2) is 5.61. The van der Waals surface area contributed by atoms with E-state index in [2.05, 4.69) is 0 Å². The van der Waals surface area contributed by atoms with E-state index in [1.165, 1.54) is 26.4 Å². The zero-order valence-corrected chi connectivity index (χ0v) is 11.0. The van der Waals surface area contributed by atoms with Crippen molar-refractivity contribution >= 4 is 5.97 Å². The number of methoxy groups -OCH3 is 2. The van der Waals surface area contributed by atoms with E-state index < -0.39 is 11.8 Å². The van der Waals surface area contributed by atoms with Gasteiger partial charge in [-0.3, -0.25) is 0 Å². The van der Waals surface area contributed by atoms with Gasteiger partial charge in [0.15, 0.2) is 0 Å². The highest BCUT2D eigenvalue weighted by molar-refractivity contribution is 5.98. The molecule has 0 radical (unpaired) electrons. The van der Waals surface area contributed by atoms with Crippen LogP contribution < -0.4 is 9.47 Å². The van der Waals surface area contributed by atoms with Gasteiger partial charge in [0.05, 0.1) is 25.3 Å². The van der Waals surface area contributed by atoms with Crippen LogP contribution in [0, 0.1) is 5.82 Å². The molecule has 0 spiro atoms. The van der Waals surface area contributed by atoms with Gasteiger partial charge in [-0.05, 0) is 24.3 Å². The molecule has 1 N–H and O–H groups in total. The minimum Gasteiger partial charge on any atom is -0.496 e. The molecule has 0 bridgehead atoms. The highest BCUT2D eigenvalue weighted by atomic mass is 19.1. The molecule has 5 heteroatoms. The molecule has 0 saturated carbocycles. The Morgan fingerprint density at radius 3 is 2.20 bits per heavy atom. The summed E-state index contributed by atoms with van der Waals surface area (Å²) in [6.45, 7) is 0. The SMILES string of the molecule is COc1cccc(OC)c1-c1ccc(F)cc1C(=O)O. The zero-order valence-electron chi connectivity index (χ0n) is 11.0. The maximum atomic E-state index is 13.3. The zero-order chi connectivity index (χ0) is 14.7. The first-order valence-electron chi connectivity index (χ1n) is 5.82. The van der Waals surface area contributed by atoms with Crippen LogP contribution in [0.3, 0.4) is 0 Å². The molecule has 0 heterocycles. The average molecular weight is 276 g/mol. The maximum Gasteiger partial charge on any atom is 0.336 e. The van der Waals surface area contributed by atoms with Gasteiger partial charge in [0.2, 0.25) is 0 Å². The van der Waals surface area contributed by atoms with Crippen LogP contribution in [0.1, 0.15) is 10.4 Å². The fourth-order valence-corrected chi connectivity index (χ4v) is 2.03. The number of ether oxygens (including phenoxy) is 2. The van der Waals surface area contributed by atoms with Crippen molar-refractivity contribution in [3.63, 3.8) is 0 Å². The van der Waals surface area contributed by atoms with Gasteiger partial charge in [-0.25, -0.2) is 9.18 Å². The fourth-order valence-electron chi connectivity index (χ4n) is 2.03. The molecule has 0 aliphatic carbocycles. The van der Waals surface area contributed by atoms with Crippen LogP contribution in [0.2, 0.25) is 0 Å². The Balaban J connectivity index is 2.77. The summed E-state index contributed by atoms with van der Waals surface area (Å²) in [4.78, 5) is 11.3. The predicted molar refractivity (Wildman–Crippen MR) is 71.9 cm³/mol. The third-order valence-corrected chi connectivity index (χ3v) is 2.91. The van der Waals surface area contributed by atoms with Gasteiger partial charge in [0.25, 0.3) is 0 Å². The summed E-state index contributed by atoms with van der Waals surface area (Å²) in [7, 11) is 2.95. The summed E-state index contributed by atoms with van der Waals surface area (Å²) in [5, 5.41) is 9.23. The normalized spacial score (nSPS) is 10.2. The van der Waals surface area contributed by atoms with Crippen molar-refractivity contribution in [3.05, 3.63) is 47.8 Å². The van der Waals surface area contributed by atoms with E-state index >= 15 is 0 Å². The molecule has 0 aliphatic heterocycles. The molecule has 0 unspecified atom stereocenters. The second-order valence-corrected chi connectivity index (χ2v) is 4.03. The summed E-state index contributed by atoms with van der Waals surface area (Å²) in [5.41, 5.74) is 0.677. The maximum absolute atomic E-state index is 13.3. The number of benzene rings is 2. The molecule has 4 nitrogen and oxygen atoms in total. The first-order chi connectivity index (χ1) is 9.58. The number of carboxylic acids is 1. The number of carboxylic acid groups (broad SMARTS) is 1. The Hall–Kier alpha value is -2.56.